The first kappa shape index (κ1) is 19.4. The molecule has 1 atom stereocenters. The Balaban J connectivity index is 1.90. The van der Waals surface area contributed by atoms with E-state index in [-0.39, 0.29) is 17.3 Å². The van der Waals surface area contributed by atoms with Crippen molar-refractivity contribution in [2.45, 2.75) is 25.4 Å². The monoisotopic (exact) mass is 363 g/mol. The molecule has 0 fully saturated rings. The molecule has 1 aromatic carbocycles. The van der Waals surface area contributed by atoms with Gasteiger partial charge in [-0.1, -0.05) is 32.0 Å². The van der Waals surface area contributed by atoms with Crippen molar-refractivity contribution in [2.24, 2.45) is 4.99 Å². The molecule has 0 radical (unpaired) electrons. The average Bonchev–Trinajstić information content (AvgIpc) is 3.15. The van der Waals surface area contributed by atoms with Gasteiger partial charge in [-0.15, -0.1) is 11.3 Å². The van der Waals surface area contributed by atoms with Gasteiger partial charge in [-0.05, 0) is 29.1 Å². The Bertz CT molecular complexity index is 668. The fraction of sp³-hybridized carbons (Fsp3) is 0.421. The highest BCUT2D eigenvalue weighted by molar-refractivity contribution is 7.10. The summed E-state index contributed by atoms with van der Waals surface area (Å²) in [6.45, 7) is 5.72. The van der Waals surface area contributed by atoms with Gasteiger partial charge in [0, 0.05) is 37.5 Å². The summed E-state index contributed by atoms with van der Waals surface area (Å²) in [6.07, 6.45) is -0.176. The fourth-order valence-electron chi connectivity index (χ4n) is 2.48. The third-order valence-electron chi connectivity index (χ3n) is 4.09. The number of nitrogens with one attached hydrogen (secondary N) is 2. The standard InChI is InChI=1S/C19H26FN3OS/c1-19(2,17-6-5-11-25-17)13-23-18(21-3)22-12-16(24-4)14-7-9-15(20)10-8-14/h5-11,16H,12-13H2,1-4H3,(H2,21,22,23). The predicted molar refractivity (Wildman–Crippen MR) is 103 cm³/mol. The molecule has 0 saturated carbocycles. The number of rotatable bonds is 7. The van der Waals surface area contributed by atoms with E-state index in [9.17, 15) is 4.39 Å². The van der Waals surface area contributed by atoms with Gasteiger partial charge in [0.1, 0.15) is 5.82 Å². The first-order chi connectivity index (χ1) is 12.0. The molecule has 0 saturated heterocycles. The molecule has 0 amide bonds. The van der Waals surface area contributed by atoms with Crippen LogP contribution in [0.3, 0.4) is 0 Å². The van der Waals surface area contributed by atoms with Crippen LogP contribution in [0.1, 0.15) is 30.4 Å². The third kappa shape index (κ3) is 5.54. The van der Waals surface area contributed by atoms with Crippen LogP contribution < -0.4 is 10.6 Å². The van der Waals surface area contributed by atoms with Crippen LogP contribution in [0.25, 0.3) is 0 Å². The lowest BCUT2D eigenvalue weighted by Gasteiger charge is -2.25. The SMILES string of the molecule is CN=C(NCC(OC)c1ccc(F)cc1)NCC(C)(C)c1cccs1. The van der Waals surface area contributed by atoms with Gasteiger partial charge in [-0.2, -0.15) is 0 Å². The molecule has 2 aromatic rings. The van der Waals surface area contributed by atoms with Crippen LogP contribution in [0.2, 0.25) is 0 Å². The molecule has 6 heteroatoms. The average molecular weight is 364 g/mol. The Morgan fingerprint density at radius 1 is 1.24 bits per heavy atom. The molecule has 1 heterocycles. The lowest BCUT2D eigenvalue weighted by molar-refractivity contribution is 0.106. The van der Waals surface area contributed by atoms with Crippen molar-refractivity contribution in [1.82, 2.24) is 10.6 Å². The van der Waals surface area contributed by atoms with Crippen LogP contribution in [0.15, 0.2) is 46.8 Å². The quantitative estimate of drug-likeness (QED) is 0.582. The van der Waals surface area contributed by atoms with Crippen LogP contribution in [0.5, 0.6) is 0 Å². The van der Waals surface area contributed by atoms with Crippen LogP contribution in [-0.4, -0.2) is 33.2 Å². The summed E-state index contributed by atoms with van der Waals surface area (Å²) in [5.74, 6) is 0.466. The minimum absolute atomic E-state index is 0.0173. The summed E-state index contributed by atoms with van der Waals surface area (Å²) in [4.78, 5) is 5.60. The molecule has 0 aliphatic rings. The third-order valence-corrected chi connectivity index (χ3v) is 5.33. The first-order valence-electron chi connectivity index (χ1n) is 8.23. The Kier molecular flexibility index (Phi) is 6.96. The van der Waals surface area contributed by atoms with Gasteiger partial charge >= 0.3 is 0 Å². The number of aliphatic imine (C=N–C) groups is 1. The normalized spacial score (nSPS) is 13.6. The van der Waals surface area contributed by atoms with E-state index < -0.39 is 0 Å². The van der Waals surface area contributed by atoms with E-state index in [4.69, 9.17) is 4.74 Å². The summed E-state index contributed by atoms with van der Waals surface area (Å²) in [7, 11) is 3.39. The molecular weight excluding hydrogens is 337 g/mol. The van der Waals surface area contributed by atoms with Crippen molar-refractivity contribution in [3.8, 4) is 0 Å². The van der Waals surface area contributed by atoms with Crippen molar-refractivity contribution < 1.29 is 9.13 Å². The van der Waals surface area contributed by atoms with Crippen LogP contribution in [-0.2, 0) is 10.2 Å². The summed E-state index contributed by atoms with van der Waals surface area (Å²) in [5.41, 5.74) is 0.939. The first-order valence-corrected chi connectivity index (χ1v) is 9.11. The second kappa shape index (κ2) is 8.97. The second-order valence-electron chi connectivity index (χ2n) is 6.44. The van der Waals surface area contributed by atoms with Gasteiger partial charge in [0.25, 0.3) is 0 Å². The maximum atomic E-state index is 13.1. The summed E-state index contributed by atoms with van der Waals surface area (Å²) in [5, 5.41) is 8.74. The number of ether oxygens (including phenoxy) is 1. The van der Waals surface area contributed by atoms with Crippen LogP contribution >= 0.6 is 11.3 Å². The van der Waals surface area contributed by atoms with E-state index in [0.29, 0.717) is 12.5 Å². The number of hydrogen-bond donors (Lipinski definition) is 2. The molecule has 25 heavy (non-hydrogen) atoms. The van der Waals surface area contributed by atoms with Crippen molar-refractivity contribution in [3.63, 3.8) is 0 Å². The molecule has 1 aromatic heterocycles. The van der Waals surface area contributed by atoms with Gasteiger partial charge in [0.2, 0.25) is 0 Å². The van der Waals surface area contributed by atoms with Gasteiger partial charge in [-0.3, -0.25) is 4.99 Å². The maximum Gasteiger partial charge on any atom is 0.191 e. The van der Waals surface area contributed by atoms with Crippen molar-refractivity contribution in [1.29, 1.82) is 0 Å². The number of guanidine groups is 1. The topological polar surface area (TPSA) is 45.7 Å². The van der Waals surface area contributed by atoms with Crippen LogP contribution in [0.4, 0.5) is 4.39 Å². The van der Waals surface area contributed by atoms with Gasteiger partial charge < -0.3 is 15.4 Å². The zero-order chi connectivity index (χ0) is 18.3. The number of benzene rings is 1. The van der Waals surface area contributed by atoms with Crippen molar-refractivity contribution in [2.75, 3.05) is 27.2 Å². The Morgan fingerprint density at radius 2 is 1.96 bits per heavy atom. The zero-order valence-corrected chi connectivity index (χ0v) is 16.0. The molecule has 0 aliphatic carbocycles. The smallest absolute Gasteiger partial charge is 0.191 e. The number of halogens is 1. The minimum Gasteiger partial charge on any atom is -0.375 e. The Morgan fingerprint density at radius 3 is 2.52 bits per heavy atom. The van der Waals surface area contributed by atoms with Gasteiger partial charge in [0.05, 0.1) is 6.10 Å². The minimum atomic E-state index is -0.250. The van der Waals surface area contributed by atoms with E-state index in [1.54, 1.807) is 37.6 Å². The Hall–Kier alpha value is -1.92. The van der Waals surface area contributed by atoms with Gasteiger partial charge in [0.15, 0.2) is 5.96 Å². The van der Waals surface area contributed by atoms with E-state index in [0.717, 1.165) is 12.1 Å². The van der Waals surface area contributed by atoms with E-state index >= 15 is 0 Å². The number of thiophene rings is 1. The van der Waals surface area contributed by atoms with Gasteiger partial charge in [-0.25, -0.2) is 4.39 Å². The van der Waals surface area contributed by atoms with E-state index in [1.165, 1.54) is 17.0 Å². The molecule has 0 aliphatic heterocycles. The van der Waals surface area contributed by atoms with Crippen LogP contribution in [0, 0.1) is 5.82 Å². The number of hydrogen-bond acceptors (Lipinski definition) is 3. The maximum absolute atomic E-state index is 13.1. The summed E-state index contributed by atoms with van der Waals surface area (Å²) >= 11 is 1.76. The number of nitrogens with zero attached hydrogens (tertiary/aromatic N) is 1. The predicted octanol–water partition coefficient (Wildman–Crippen LogP) is 3.72. The van der Waals surface area contributed by atoms with Crippen molar-refractivity contribution in [3.05, 3.63) is 58.0 Å². The molecular formula is C19H26FN3OS. The molecule has 0 spiro atoms. The van der Waals surface area contributed by atoms with E-state index in [2.05, 4.69) is 47.0 Å². The molecule has 0 bridgehead atoms. The molecule has 4 nitrogen and oxygen atoms in total. The highest BCUT2D eigenvalue weighted by Gasteiger charge is 2.22. The highest BCUT2D eigenvalue weighted by atomic mass is 32.1. The summed E-state index contributed by atoms with van der Waals surface area (Å²) < 4.78 is 18.6. The summed E-state index contributed by atoms with van der Waals surface area (Å²) in [6, 6.07) is 10.6. The molecule has 136 valence electrons. The lowest BCUT2D eigenvalue weighted by atomic mass is 9.91. The molecule has 1 unspecified atom stereocenters. The van der Waals surface area contributed by atoms with Crippen molar-refractivity contribution >= 4 is 17.3 Å². The Labute approximate surface area is 153 Å². The zero-order valence-electron chi connectivity index (χ0n) is 15.2. The largest absolute Gasteiger partial charge is 0.375 e. The molecule has 2 N–H and O–H groups in total. The highest BCUT2D eigenvalue weighted by Crippen LogP contribution is 2.26. The fourth-order valence-corrected chi connectivity index (χ4v) is 3.33. The lowest BCUT2D eigenvalue weighted by Crippen LogP contribution is -2.44. The molecule has 2 rings (SSSR count). The van der Waals surface area contributed by atoms with E-state index in [1.807, 2.05) is 0 Å². The second-order valence-corrected chi connectivity index (χ2v) is 7.39. The number of methoxy groups -OCH3 is 1.